The van der Waals surface area contributed by atoms with Crippen LogP contribution in [0.25, 0.3) is 0 Å². The molecule has 0 atom stereocenters. The Morgan fingerprint density at radius 1 is 1.16 bits per heavy atom. The third-order valence-electron chi connectivity index (χ3n) is 3.97. The lowest BCUT2D eigenvalue weighted by atomic mass is 9.77. The summed E-state index contributed by atoms with van der Waals surface area (Å²) in [5, 5.41) is 10.2. The molecule has 5 heteroatoms. The zero-order valence-corrected chi connectivity index (χ0v) is 12.5. The molecule has 104 valence electrons. The van der Waals surface area contributed by atoms with Crippen LogP contribution in [0.5, 0.6) is 0 Å². The predicted molar refractivity (Wildman–Crippen MR) is 75.2 cm³/mol. The van der Waals surface area contributed by atoms with E-state index in [2.05, 4.69) is 4.98 Å². The zero-order valence-electron chi connectivity index (χ0n) is 12.5. The van der Waals surface area contributed by atoms with E-state index in [1.54, 1.807) is 20.0 Å². The van der Waals surface area contributed by atoms with Crippen LogP contribution in [0.2, 0.25) is 0 Å². The first-order chi connectivity index (χ1) is 8.55. The summed E-state index contributed by atoms with van der Waals surface area (Å²) in [6.45, 7) is 11.5. The molecule has 0 radical (unpaired) electrons. The molecule has 0 saturated carbocycles. The van der Waals surface area contributed by atoms with Gasteiger partial charge in [-0.1, -0.05) is 6.07 Å². The number of pyridine rings is 1. The van der Waals surface area contributed by atoms with E-state index in [4.69, 9.17) is 9.31 Å². The standard InChI is InChI=1S/C14H22BNO3/c1-12(2,17)10-8-7-9-16-11(10)15-18-13(3,4)14(5,6)19-15/h7-9,17H,1-6H3. The van der Waals surface area contributed by atoms with Crippen LogP contribution in [0, 0.1) is 0 Å². The first kappa shape index (κ1) is 14.5. The summed E-state index contributed by atoms with van der Waals surface area (Å²) in [6, 6.07) is 3.66. The molecule has 0 aromatic carbocycles. The Morgan fingerprint density at radius 3 is 2.16 bits per heavy atom. The normalized spacial score (nSPS) is 21.7. The average Bonchev–Trinajstić information content (AvgIpc) is 2.47. The smallest absolute Gasteiger partial charge is 0.398 e. The zero-order chi connectivity index (χ0) is 14.5. The number of rotatable bonds is 2. The van der Waals surface area contributed by atoms with E-state index in [-0.39, 0.29) is 0 Å². The number of hydrogen-bond donors (Lipinski definition) is 1. The quantitative estimate of drug-likeness (QED) is 0.823. The van der Waals surface area contributed by atoms with Gasteiger partial charge in [-0.25, -0.2) is 0 Å². The number of hydrogen-bond acceptors (Lipinski definition) is 4. The Kier molecular flexibility index (Phi) is 3.28. The van der Waals surface area contributed by atoms with E-state index >= 15 is 0 Å². The van der Waals surface area contributed by atoms with Crippen LogP contribution in [-0.2, 0) is 14.9 Å². The van der Waals surface area contributed by atoms with Crippen molar-refractivity contribution in [1.29, 1.82) is 0 Å². The summed E-state index contributed by atoms with van der Waals surface area (Å²) in [6.07, 6.45) is 1.69. The SMILES string of the molecule is CC(C)(O)c1cccnc1B1OC(C)(C)C(C)(C)O1. The first-order valence-corrected chi connectivity index (χ1v) is 6.58. The maximum Gasteiger partial charge on any atom is 0.514 e. The van der Waals surface area contributed by atoms with Gasteiger partial charge in [0.05, 0.1) is 22.4 Å². The van der Waals surface area contributed by atoms with Crippen LogP contribution in [0.4, 0.5) is 0 Å². The molecule has 2 rings (SSSR count). The van der Waals surface area contributed by atoms with Crippen molar-refractivity contribution in [1.82, 2.24) is 4.98 Å². The van der Waals surface area contributed by atoms with Crippen LogP contribution < -0.4 is 5.59 Å². The van der Waals surface area contributed by atoms with Gasteiger partial charge < -0.3 is 14.4 Å². The van der Waals surface area contributed by atoms with Crippen LogP contribution in [0.15, 0.2) is 18.3 Å². The molecule has 1 fully saturated rings. The Labute approximate surface area is 115 Å². The molecule has 1 aliphatic rings. The number of aliphatic hydroxyl groups is 1. The third kappa shape index (κ3) is 2.55. The van der Waals surface area contributed by atoms with Gasteiger partial charge in [0, 0.05) is 11.8 Å². The Hall–Kier alpha value is -0.905. The minimum atomic E-state index is -0.979. The summed E-state index contributed by atoms with van der Waals surface area (Å²) in [4.78, 5) is 4.35. The lowest BCUT2D eigenvalue weighted by molar-refractivity contribution is 0.00578. The average molecular weight is 263 g/mol. The fraction of sp³-hybridized carbons (Fsp3) is 0.643. The fourth-order valence-corrected chi connectivity index (χ4v) is 2.08. The first-order valence-electron chi connectivity index (χ1n) is 6.58. The maximum atomic E-state index is 10.2. The molecule has 1 N–H and O–H groups in total. The van der Waals surface area contributed by atoms with E-state index in [1.807, 2.05) is 39.8 Å². The fourth-order valence-electron chi connectivity index (χ4n) is 2.08. The molecule has 4 nitrogen and oxygen atoms in total. The molecular weight excluding hydrogens is 241 g/mol. The highest BCUT2D eigenvalue weighted by molar-refractivity contribution is 6.61. The van der Waals surface area contributed by atoms with Crippen molar-refractivity contribution in [3.8, 4) is 0 Å². The molecule has 0 spiro atoms. The second-order valence-corrected chi connectivity index (χ2v) is 6.58. The molecule has 0 unspecified atom stereocenters. The number of nitrogens with zero attached hydrogens (tertiary/aromatic N) is 1. The van der Waals surface area contributed by atoms with Gasteiger partial charge in [0.2, 0.25) is 0 Å². The lowest BCUT2D eigenvalue weighted by Gasteiger charge is -2.32. The van der Waals surface area contributed by atoms with Crippen molar-refractivity contribution in [3.05, 3.63) is 23.9 Å². The molecule has 1 saturated heterocycles. The van der Waals surface area contributed by atoms with Crippen molar-refractivity contribution < 1.29 is 14.4 Å². The second-order valence-electron chi connectivity index (χ2n) is 6.58. The summed E-state index contributed by atoms with van der Waals surface area (Å²) < 4.78 is 12.0. The van der Waals surface area contributed by atoms with Gasteiger partial charge in [-0.15, -0.1) is 0 Å². The topological polar surface area (TPSA) is 51.6 Å². The van der Waals surface area contributed by atoms with E-state index < -0.39 is 23.9 Å². The molecule has 1 aromatic rings. The Balaban J connectivity index is 2.41. The van der Waals surface area contributed by atoms with Crippen molar-refractivity contribution in [2.45, 2.75) is 58.3 Å². The van der Waals surface area contributed by atoms with Gasteiger partial charge in [0.15, 0.2) is 0 Å². The van der Waals surface area contributed by atoms with Crippen LogP contribution in [0.3, 0.4) is 0 Å². The third-order valence-corrected chi connectivity index (χ3v) is 3.97. The van der Waals surface area contributed by atoms with E-state index in [0.29, 0.717) is 5.59 Å². The molecule has 2 heterocycles. The van der Waals surface area contributed by atoms with E-state index in [1.165, 1.54) is 0 Å². The molecule has 1 aromatic heterocycles. The predicted octanol–water partition coefficient (Wildman–Crippen LogP) is 1.61. The van der Waals surface area contributed by atoms with Gasteiger partial charge in [0.25, 0.3) is 0 Å². The minimum Gasteiger partial charge on any atom is -0.398 e. The Morgan fingerprint density at radius 2 is 1.68 bits per heavy atom. The van der Waals surface area contributed by atoms with Gasteiger partial charge in [-0.3, -0.25) is 4.98 Å². The Bertz CT molecular complexity index is 464. The van der Waals surface area contributed by atoms with Crippen LogP contribution in [0.1, 0.15) is 47.1 Å². The minimum absolute atomic E-state index is 0.411. The van der Waals surface area contributed by atoms with Gasteiger partial charge in [0.1, 0.15) is 0 Å². The highest BCUT2D eigenvalue weighted by atomic mass is 16.7. The van der Waals surface area contributed by atoms with E-state index in [9.17, 15) is 5.11 Å². The van der Waals surface area contributed by atoms with Crippen molar-refractivity contribution in [3.63, 3.8) is 0 Å². The van der Waals surface area contributed by atoms with Crippen molar-refractivity contribution in [2.75, 3.05) is 0 Å². The summed E-state index contributed by atoms with van der Waals surface area (Å²) in [7, 11) is -0.548. The highest BCUT2D eigenvalue weighted by Gasteiger charge is 2.53. The summed E-state index contributed by atoms with van der Waals surface area (Å²) in [5.41, 5.74) is -0.423. The lowest BCUT2D eigenvalue weighted by Crippen LogP contribution is -2.42. The monoisotopic (exact) mass is 263 g/mol. The molecule has 0 bridgehead atoms. The molecule has 0 aliphatic carbocycles. The molecule has 19 heavy (non-hydrogen) atoms. The summed E-state index contributed by atoms with van der Waals surface area (Å²) in [5.74, 6) is 0. The van der Waals surface area contributed by atoms with Crippen molar-refractivity contribution in [2.24, 2.45) is 0 Å². The van der Waals surface area contributed by atoms with E-state index in [0.717, 1.165) is 5.56 Å². The largest absolute Gasteiger partial charge is 0.514 e. The second kappa shape index (κ2) is 4.30. The molecule has 1 aliphatic heterocycles. The maximum absolute atomic E-state index is 10.2. The van der Waals surface area contributed by atoms with Gasteiger partial charge in [-0.05, 0) is 47.6 Å². The van der Waals surface area contributed by atoms with Crippen LogP contribution in [-0.4, -0.2) is 28.4 Å². The van der Waals surface area contributed by atoms with Gasteiger partial charge in [-0.2, -0.15) is 0 Å². The summed E-state index contributed by atoms with van der Waals surface area (Å²) >= 11 is 0. The molecular formula is C14H22BNO3. The van der Waals surface area contributed by atoms with Gasteiger partial charge >= 0.3 is 7.12 Å². The number of aromatic nitrogens is 1. The molecule has 0 amide bonds. The van der Waals surface area contributed by atoms with Crippen molar-refractivity contribution >= 4 is 12.7 Å². The highest BCUT2D eigenvalue weighted by Crippen LogP contribution is 2.36. The van der Waals surface area contributed by atoms with Crippen LogP contribution >= 0.6 is 0 Å².